The highest BCUT2D eigenvalue weighted by Gasteiger charge is 2.45. The van der Waals surface area contributed by atoms with Gasteiger partial charge in [0.1, 0.15) is 6.54 Å². The number of aliphatic imine (C=N–C) groups is 1. The molecule has 0 aromatic rings. The van der Waals surface area contributed by atoms with Crippen LogP contribution in [0.5, 0.6) is 0 Å². The molecule has 0 fully saturated rings. The Kier molecular flexibility index (Phi) is 15.4. The molecule has 0 amide bonds. The molecule has 8 nitrogen and oxygen atoms in total. The van der Waals surface area contributed by atoms with Crippen molar-refractivity contribution < 1.29 is 33.9 Å². The maximum atomic E-state index is 11.3. The number of rotatable bonds is 16. The summed E-state index contributed by atoms with van der Waals surface area (Å²) < 4.78 is 0.648. The molecule has 1 rings (SSSR count). The van der Waals surface area contributed by atoms with Crippen LogP contribution in [-0.4, -0.2) is 95.6 Å². The summed E-state index contributed by atoms with van der Waals surface area (Å²) in [6.45, 7) is 5.65. The van der Waals surface area contributed by atoms with Crippen molar-refractivity contribution in [1.82, 2.24) is 0 Å². The van der Waals surface area contributed by atoms with Crippen LogP contribution in [0.3, 0.4) is 0 Å². The van der Waals surface area contributed by atoms with Crippen molar-refractivity contribution >= 4 is 17.8 Å². The number of carboxylic acids is 2. The summed E-state index contributed by atoms with van der Waals surface area (Å²) in [5, 5.41) is 28.1. The second-order valence-corrected chi connectivity index (χ2v) is 9.94. The normalized spacial score (nSPS) is 19.1. The van der Waals surface area contributed by atoms with Gasteiger partial charge in [-0.05, 0) is 12.8 Å². The van der Waals surface area contributed by atoms with Crippen LogP contribution >= 0.6 is 0 Å². The standard InChI is InChI=1S/C19H36N2O3.C5H11NO2/c1-3-5-6-7-8-9-10-11-13-17-20-14-15-21(17,16-19(23)24)18(22)12-4-2;1-6(2,3)4-5(7)8/h18,22H,3-16H2,1-2H3;4H2,1-3H3/p+2. The Balaban J connectivity index is 0.00000102. The van der Waals surface area contributed by atoms with Gasteiger partial charge in [0.25, 0.3) is 0 Å². The topological polar surface area (TPSA) is 107 Å². The van der Waals surface area contributed by atoms with Crippen LogP contribution in [0.25, 0.3) is 0 Å². The molecule has 8 heteroatoms. The number of aliphatic hydroxyl groups is 1. The quantitative estimate of drug-likeness (QED) is 0.241. The Labute approximate surface area is 195 Å². The van der Waals surface area contributed by atoms with E-state index in [-0.39, 0.29) is 17.6 Å². The summed E-state index contributed by atoms with van der Waals surface area (Å²) in [4.78, 5) is 25.9. The van der Waals surface area contributed by atoms with E-state index in [1.54, 1.807) is 0 Å². The lowest BCUT2D eigenvalue weighted by Crippen LogP contribution is -2.60. The Morgan fingerprint density at radius 1 is 0.938 bits per heavy atom. The van der Waals surface area contributed by atoms with E-state index < -0.39 is 18.2 Å². The smallest absolute Gasteiger partial charge is 0.359 e. The monoisotopic (exact) mass is 459 g/mol. The van der Waals surface area contributed by atoms with Gasteiger partial charge in [0, 0.05) is 12.8 Å². The number of hydrogen-bond acceptors (Lipinski definition) is 4. The lowest BCUT2D eigenvalue weighted by molar-refractivity contribution is -0.880. The van der Waals surface area contributed by atoms with Crippen LogP contribution in [0.2, 0.25) is 0 Å². The first-order valence-corrected chi connectivity index (χ1v) is 12.3. The predicted molar refractivity (Wildman–Crippen MR) is 129 cm³/mol. The van der Waals surface area contributed by atoms with Crippen molar-refractivity contribution in [1.29, 1.82) is 0 Å². The van der Waals surface area contributed by atoms with Crippen molar-refractivity contribution in [2.45, 2.75) is 90.7 Å². The summed E-state index contributed by atoms with van der Waals surface area (Å²) in [5.74, 6) is -0.697. The molecule has 0 spiro atoms. The molecular formula is C24H49N3O5+2. The van der Waals surface area contributed by atoms with Gasteiger partial charge in [-0.15, -0.1) is 0 Å². The number of unbranched alkanes of at least 4 members (excludes halogenated alkanes) is 7. The third-order valence-electron chi connectivity index (χ3n) is 5.71. The van der Waals surface area contributed by atoms with Gasteiger partial charge >= 0.3 is 11.9 Å². The Hall–Kier alpha value is -1.51. The fraction of sp³-hybridized carbons (Fsp3) is 0.875. The lowest BCUT2D eigenvalue weighted by Gasteiger charge is -2.37. The van der Waals surface area contributed by atoms with Crippen molar-refractivity contribution in [3.63, 3.8) is 0 Å². The van der Waals surface area contributed by atoms with E-state index in [4.69, 9.17) is 5.11 Å². The molecule has 2 atom stereocenters. The summed E-state index contributed by atoms with van der Waals surface area (Å²) in [6.07, 6.45) is 11.7. The highest BCUT2D eigenvalue weighted by atomic mass is 16.4. The molecule has 0 saturated heterocycles. The van der Waals surface area contributed by atoms with E-state index in [2.05, 4.69) is 11.9 Å². The van der Waals surface area contributed by atoms with Gasteiger partial charge in [0.15, 0.2) is 19.3 Å². The van der Waals surface area contributed by atoms with E-state index in [9.17, 15) is 19.8 Å². The van der Waals surface area contributed by atoms with Crippen LogP contribution < -0.4 is 0 Å². The van der Waals surface area contributed by atoms with E-state index in [0.717, 1.165) is 25.1 Å². The molecule has 3 N–H and O–H groups in total. The van der Waals surface area contributed by atoms with Crippen molar-refractivity contribution in [3.05, 3.63) is 0 Å². The highest BCUT2D eigenvalue weighted by molar-refractivity contribution is 5.80. The molecule has 1 heterocycles. The van der Waals surface area contributed by atoms with E-state index in [0.29, 0.717) is 24.0 Å². The number of carbonyl (C=O) groups is 2. The highest BCUT2D eigenvalue weighted by Crippen LogP contribution is 2.25. The molecule has 188 valence electrons. The summed E-state index contributed by atoms with van der Waals surface area (Å²) >= 11 is 0. The van der Waals surface area contributed by atoms with Gasteiger partial charge in [-0.2, -0.15) is 0 Å². The zero-order valence-corrected chi connectivity index (χ0v) is 21.2. The van der Waals surface area contributed by atoms with Gasteiger partial charge in [-0.1, -0.05) is 58.8 Å². The van der Waals surface area contributed by atoms with Crippen LogP contribution in [-0.2, 0) is 9.59 Å². The molecular weight excluding hydrogens is 410 g/mol. The fourth-order valence-electron chi connectivity index (χ4n) is 4.10. The van der Waals surface area contributed by atoms with E-state index in [1.165, 1.54) is 44.9 Å². The Morgan fingerprint density at radius 2 is 1.50 bits per heavy atom. The van der Waals surface area contributed by atoms with Crippen LogP contribution in [0.15, 0.2) is 4.99 Å². The molecule has 0 aromatic heterocycles. The average molecular weight is 460 g/mol. The molecule has 1 aliphatic heterocycles. The maximum absolute atomic E-state index is 11.3. The first kappa shape index (κ1) is 30.5. The zero-order valence-electron chi connectivity index (χ0n) is 21.2. The zero-order chi connectivity index (χ0) is 24.6. The summed E-state index contributed by atoms with van der Waals surface area (Å²) in [7, 11) is 5.52. The number of hydrogen-bond donors (Lipinski definition) is 3. The average Bonchev–Trinajstić information content (AvgIpc) is 3.05. The molecule has 0 radical (unpaired) electrons. The largest absolute Gasteiger partial charge is 0.477 e. The third-order valence-corrected chi connectivity index (χ3v) is 5.71. The van der Waals surface area contributed by atoms with Gasteiger partial charge in [-0.3, -0.25) is 0 Å². The Morgan fingerprint density at radius 3 is 1.94 bits per heavy atom. The number of nitrogens with zero attached hydrogens (tertiary/aromatic N) is 3. The van der Waals surface area contributed by atoms with E-state index >= 15 is 0 Å². The van der Waals surface area contributed by atoms with Gasteiger partial charge in [0.05, 0.1) is 27.7 Å². The molecule has 0 bridgehead atoms. The van der Waals surface area contributed by atoms with Crippen LogP contribution in [0.1, 0.15) is 84.5 Å². The minimum atomic E-state index is -0.851. The minimum Gasteiger partial charge on any atom is -0.477 e. The number of aliphatic hydroxyl groups excluding tert-OH is 1. The molecule has 1 aliphatic rings. The summed E-state index contributed by atoms with van der Waals surface area (Å²) in [5.41, 5.74) is 0. The fourth-order valence-corrected chi connectivity index (χ4v) is 4.10. The first-order valence-electron chi connectivity index (χ1n) is 12.3. The minimum absolute atomic E-state index is 0.0446. The SMILES string of the molecule is CCCCCCCCCCC1=NCC[N+]1(CC(=O)O)C(O)CCC.C[N+](C)(C)CC(=O)O. The molecule has 0 aromatic carbocycles. The maximum Gasteiger partial charge on any atom is 0.359 e. The number of carboxylic acid groups (broad SMARTS) is 2. The lowest BCUT2D eigenvalue weighted by atomic mass is 10.1. The third kappa shape index (κ3) is 13.1. The van der Waals surface area contributed by atoms with Crippen molar-refractivity contribution in [3.8, 4) is 0 Å². The van der Waals surface area contributed by atoms with E-state index in [1.807, 2.05) is 28.1 Å². The van der Waals surface area contributed by atoms with Crippen molar-refractivity contribution in [2.24, 2.45) is 4.99 Å². The second-order valence-electron chi connectivity index (χ2n) is 9.94. The molecule has 0 saturated carbocycles. The molecule has 2 unspecified atom stereocenters. The number of likely N-dealkylation sites (N-methyl/N-ethyl adjacent to an activating group) is 1. The predicted octanol–water partition coefficient (Wildman–Crippen LogP) is 3.73. The second kappa shape index (κ2) is 16.2. The number of amidine groups is 1. The number of aliphatic carboxylic acids is 2. The number of quaternary nitrogens is 2. The molecule has 0 aliphatic carbocycles. The van der Waals surface area contributed by atoms with Crippen molar-refractivity contribution in [2.75, 3.05) is 47.3 Å². The van der Waals surface area contributed by atoms with Crippen LogP contribution in [0.4, 0.5) is 0 Å². The Bertz CT molecular complexity index is 574. The van der Waals surface area contributed by atoms with Crippen LogP contribution in [0, 0.1) is 0 Å². The first-order chi connectivity index (χ1) is 15.0. The summed E-state index contributed by atoms with van der Waals surface area (Å²) in [6, 6.07) is 0. The van der Waals surface area contributed by atoms with Gasteiger partial charge < -0.3 is 19.8 Å². The van der Waals surface area contributed by atoms with Gasteiger partial charge in [-0.25, -0.2) is 19.1 Å². The van der Waals surface area contributed by atoms with Gasteiger partial charge in [0.2, 0.25) is 5.84 Å². The molecule has 32 heavy (non-hydrogen) atoms.